The third kappa shape index (κ3) is 5.69. The van der Waals surface area contributed by atoms with Crippen LogP contribution in [0.4, 0.5) is 11.9 Å². The number of hydrogen-bond acceptors (Lipinski definition) is 8. The number of nitrogens with zero attached hydrogens (tertiary/aromatic N) is 3. The second kappa shape index (κ2) is 8.75. The van der Waals surface area contributed by atoms with Crippen LogP contribution in [0.5, 0.6) is 0 Å². The Hall–Kier alpha value is -3.23. The van der Waals surface area contributed by atoms with Gasteiger partial charge in [0.2, 0.25) is 17.8 Å². The number of hydrogen-bond donors (Lipinski definition) is 3. The van der Waals surface area contributed by atoms with E-state index in [1.165, 1.54) is 0 Å². The molecular weight excluding hydrogens is 336 g/mol. The molecule has 26 heavy (non-hydrogen) atoms. The van der Waals surface area contributed by atoms with E-state index in [0.29, 0.717) is 0 Å². The van der Waals surface area contributed by atoms with Gasteiger partial charge in [-0.2, -0.15) is 15.0 Å². The predicted molar refractivity (Wildman–Crippen MR) is 95.4 cm³/mol. The highest BCUT2D eigenvalue weighted by Gasteiger charge is 2.26. The molecular formula is C17H22N6O3. The van der Waals surface area contributed by atoms with E-state index in [-0.39, 0.29) is 42.6 Å². The van der Waals surface area contributed by atoms with Gasteiger partial charge in [0.25, 0.3) is 0 Å². The van der Waals surface area contributed by atoms with E-state index in [4.69, 9.17) is 16.2 Å². The SMILES string of the molecule is CC(C)[C@H](NC(=O)Cc1ccccc1)C(=O)OCc1nc(N)nc(N)n1. The smallest absolute Gasteiger partial charge is 0.329 e. The molecule has 1 atom stereocenters. The highest BCUT2D eigenvalue weighted by Crippen LogP contribution is 2.08. The van der Waals surface area contributed by atoms with E-state index in [1.54, 1.807) is 0 Å². The molecule has 1 amide bonds. The lowest BCUT2D eigenvalue weighted by Crippen LogP contribution is -2.45. The summed E-state index contributed by atoms with van der Waals surface area (Å²) >= 11 is 0. The van der Waals surface area contributed by atoms with Gasteiger partial charge in [0.15, 0.2) is 12.4 Å². The topological polar surface area (TPSA) is 146 Å². The molecule has 0 aliphatic carbocycles. The fourth-order valence-electron chi connectivity index (χ4n) is 2.25. The summed E-state index contributed by atoms with van der Waals surface area (Å²) in [6, 6.07) is 8.47. The number of carbonyl (C=O) groups is 2. The zero-order valence-corrected chi connectivity index (χ0v) is 14.7. The van der Waals surface area contributed by atoms with Crippen LogP contribution in [0.2, 0.25) is 0 Å². The minimum atomic E-state index is -0.789. The lowest BCUT2D eigenvalue weighted by atomic mass is 10.0. The molecule has 1 aromatic heterocycles. The number of esters is 1. The predicted octanol–water partition coefficient (Wildman–Crippen LogP) is 0.463. The normalized spacial score (nSPS) is 11.8. The molecule has 0 bridgehead atoms. The minimum Gasteiger partial charge on any atom is -0.456 e. The molecule has 9 nitrogen and oxygen atoms in total. The van der Waals surface area contributed by atoms with Crippen molar-refractivity contribution in [1.82, 2.24) is 20.3 Å². The summed E-state index contributed by atoms with van der Waals surface area (Å²) in [7, 11) is 0. The van der Waals surface area contributed by atoms with Crippen molar-refractivity contribution in [2.24, 2.45) is 5.92 Å². The van der Waals surface area contributed by atoms with Crippen LogP contribution in [-0.2, 0) is 27.4 Å². The third-order valence-electron chi connectivity index (χ3n) is 3.50. The number of rotatable bonds is 7. The number of anilines is 2. The maximum Gasteiger partial charge on any atom is 0.329 e. The molecule has 138 valence electrons. The first-order valence-corrected chi connectivity index (χ1v) is 8.11. The Morgan fingerprint density at radius 2 is 1.69 bits per heavy atom. The Labute approximate surface area is 151 Å². The van der Waals surface area contributed by atoms with Crippen molar-refractivity contribution in [1.29, 1.82) is 0 Å². The number of nitrogens with one attached hydrogen (secondary N) is 1. The molecule has 0 aliphatic rings. The number of nitrogens with two attached hydrogens (primary N) is 2. The first-order chi connectivity index (χ1) is 12.3. The van der Waals surface area contributed by atoms with E-state index in [2.05, 4.69) is 20.3 Å². The van der Waals surface area contributed by atoms with Crippen LogP contribution in [0.25, 0.3) is 0 Å². The number of aromatic nitrogens is 3. The molecule has 0 saturated carbocycles. The van der Waals surface area contributed by atoms with Gasteiger partial charge in [-0.1, -0.05) is 44.2 Å². The van der Waals surface area contributed by atoms with Gasteiger partial charge < -0.3 is 21.5 Å². The summed E-state index contributed by atoms with van der Waals surface area (Å²) in [4.78, 5) is 35.9. The number of amides is 1. The van der Waals surface area contributed by atoms with Crippen LogP contribution in [0.15, 0.2) is 30.3 Å². The molecule has 0 fully saturated rings. The Morgan fingerprint density at radius 1 is 1.08 bits per heavy atom. The molecule has 0 radical (unpaired) electrons. The Morgan fingerprint density at radius 3 is 2.27 bits per heavy atom. The Kier molecular flexibility index (Phi) is 6.42. The summed E-state index contributed by atoms with van der Waals surface area (Å²) in [6.45, 7) is 3.41. The zero-order chi connectivity index (χ0) is 19.1. The van der Waals surface area contributed by atoms with Gasteiger partial charge in [-0.3, -0.25) is 4.79 Å². The highest BCUT2D eigenvalue weighted by atomic mass is 16.5. The standard InChI is InChI=1S/C17H22N6O3/c1-10(2)14(22-13(24)8-11-6-4-3-5-7-11)15(25)26-9-12-20-16(18)23-17(19)21-12/h3-7,10,14H,8-9H2,1-2H3,(H,22,24)(H4,18,19,20,21,23)/t14-/m0/s1. The van der Waals surface area contributed by atoms with Crippen LogP contribution in [0.3, 0.4) is 0 Å². The number of benzene rings is 1. The average molecular weight is 358 g/mol. The van der Waals surface area contributed by atoms with Crippen LogP contribution in [0, 0.1) is 5.92 Å². The summed E-state index contributed by atoms with van der Waals surface area (Å²) in [6.07, 6.45) is 0.178. The molecule has 2 aromatic rings. The lowest BCUT2D eigenvalue weighted by Gasteiger charge is -2.20. The van der Waals surface area contributed by atoms with Crippen LogP contribution >= 0.6 is 0 Å². The maximum absolute atomic E-state index is 12.3. The first kappa shape index (κ1) is 19.1. The van der Waals surface area contributed by atoms with Crippen LogP contribution in [0.1, 0.15) is 25.2 Å². The quantitative estimate of drug-likeness (QED) is 0.605. The van der Waals surface area contributed by atoms with Crippen molar-refractivity contribution < 1.29 is 14.3 Å². The number of nitrogen functional groups attached to an aromatic ring is 2. The summed E-state index contributed by atoms with van der Waals surface area (Å²) in [5, 5.41) is 2.71. The molecule has 2 rings (SSSR count). The molecule has 0 saturated heterocycles. The minimum absolute atomic E-state index is 0.0554. The second-order valence-electron chi connectivity index (χ2n) is 6.03. The molecule has 0 aliphatic heterocycles. The van der Waals surface area contributed by atoms with Gasteiger partial charge in [0.1, 0.15) is 6.04 Å². The summed E-state index contributed by atoms with van der Waals surface area (Å²) in [5.41, 5.74) is 11.8. The van der Waals surface area contributed by atoms with Gasteiger partial charge in [-0.05, 0) is 11.5 Å². The second-order valence-corrected chi connectivity index (χ2v) is 6.03. The van der Waals surface area contributed by atoms with Gasteiger partial charge in [0, 0.05) is 0 Å². The van der Waals surface area contributed by atoms with Crippen LogP contribution < -0.4 is 16.8 Å². The van der Waals surface area contributed by atoms with Crippen molar-refractivity contribution in [3.63, 3.8) is 0 Å². The number of carbonyl (C=O) groups excluding carboxylic acids is 2. The van der Waals surface area contributed by atoms with E-state index >= 15 is 0 Å². The molecule has 1 aromatic carbocycles. The van der Waals surface area contributed by atoms with Gasteiger partial charge in [0.05, 0.1) is 6.42 Å². The van der Waals surface area contributed by atoms with Crippen molar-refractivity contribution in [2.75, 3.05) is 11.5 Å². The Bertz CT molecular complexity index is 746. The molecule has 0 unspecified atom stereocenters. The van der Waals surface area contributed by atoms with E-state index < -0.39 is 12.0 Å². The van der Waals surface area contributed by atoms with E-state index in [9.17, 15) is 9.59 Å². The average Bonchev–Trinajstić information content (AvgIpc) is 2.57. The van der Waals surface area contributed by atoms with Gasteiger partial charge in [-0.15, -0.1) is 0 Å². The van der Waals surface area contributed by atoms with Gasteiger partial charge >= 0.3 is 5.97 Å². The highest BCUT2D eigenvalue weighted by molar-refractivity contribution is 5.85. The van der Waals surface area contributed by atoms with E-state index in [1.807, 2.05) is 44.2 Å². The monoisotopic (exact) mass is 358 g/mol. The number of ether oxygens (including phenoxy) is 1. The van der Waals surface area contributed by atoms with E-state index in [0.717, 1.165) is 5.56 Å². The fraction of sp³-hybridized carbons (Fsp3) is 0.353. The van der Waals surface area contributed by atoms with Crippen molar-refractivity contribution in [2.45, 2.75) is 32.9 Å². The van der Waals surface area contributed by atoms with Crippen molar-refractivity contribution in [3.05, 3.63) is 41.7 Å². The molecule has 0 spiro atoms. The maximum atomic E-state index is 12.3. The van der Waals surface area contributed by atoms with Gasteiger partial charge in [-0.25, -0.2) is 4.79 Å². The molecule has 5 N–H and O–H groups in total. The first-order valence-electron chi connectivity index (χ1n) is 8.11. The Balaban J connectivity index is 1.95. The van der Waals surface area contributed by atoms with Crippen molar-refractivity contribution in [3.8, 4) is 0 Å². The fourth-order valence-corrected chi connectivity index (χ4v) is 2.25. The lowest BCUT2D eigenvalue weighted by molar-refractivity contribution is -0.150. The summed E-state index contributed by atoms with van der Waals surface area (Å²) in [5.74, 6) is -0.975. The van der Waals surface area contributed by atoms with Crippen LogP contribution in [-0.4, -0.2) is 32.9 Å². The zero-order valence-electron chi connectivity index (χ0n) is 14.7. The van der Waals surface area contributed by atoms with Crippen molar-refractivity contribution >= 4 is 23.8 Å². The summed E-state index contributed by atoms with van der Waals surface area (Å²) < 4.78 is 5.20. The largest absolute Gasteiger partial charge is 0.456 e. The third-order valence-corrected chi connectivity index (χ3v) is 3.50. The molecule has 1 heterocycles. The molecule has 9 heteroatoms.